The Hall–Kier alpha value is -0.740. The zero-order chi connectivity index (χ0) is 10.8. The van der Waals surface area contributed by atoms with Gasteiger partial charge in [0.25, 0.3) is 0 Å². The number of carbonyl (C=O) groups excluding carboxylic acids is 1. The average Bonchev–Trinajstić information content (AvgIpc) is 2.51. The Morgan fingerprint density at radius 1 is 1.64 bits per heavy atom. The van der Waals surface area contributed by atoms with Crippen LogP contribution in [0.1, 0.15) is 44.0 Å². The van der Waals surface area contributed by atoms with Gasteiger partial charge >= 0.3 is 0 Å². The Kier molecular flexibility index (Phi) is 3.39. The minimum absolute atomic E-state index is 0.00379. The molecule has 0 amide bonds. The molecule has 0 saturated carbocycles. The summed E-state index contributed by atoms with van der Waals surface area (Å²) in [5, 5.41) is 12.3. The van der Waals surface area contributed by atoms with E-state index in [-0.39, 0.29) is 11.8 Å². The van der Waals surface area contributed by atoms with Crippen LogP contribution in [0.3, 0.4) is 0 Å². The Morgan fingerprint density at radius 3 is 2.71 bits per heavy atom. The number of hydrogen-bond donors (Lipinski definition) is 1. The van der Waals surface area contributed by atoms with E-state index in [1.54, 1.807) is 0 Å². The fourth-order valence-corrected chi connectivity index (χ4v) is 1.95. The number of thiazole rings is 1. The van der Waals surface area contributed by atoms with Gasteiger partial charge in [-0.1, -0.05) is 20.8 Å². The lowest BCUT2D eigenvalue weighted by atomic mass is 9.98. The molecule has 0 aliphatic carbocycles. The summed E-state index contributed by atoms with van der Waals surface area (Å²) in [4.78, 5) is 14.5. The van der Waals surface area contributed by atoms with Gasteiger partial charge in [0.15, 0.2) is 0 Å². The van der Waals surface area contributed by atoms with E-state index in [2.05, 4.69) is 25.8 Å². The smallest absolute Gasteiger partial charge is 0.122 e. The molecule has 1 atom stereocenters. The van der Waals surface area contributed by atoms with Gasteiger partial charge in [0.2, 0.25) is 0 Å². The maximum Gasteiger partial charge on any atom is 0.122 e. The standard InChI is InChI=1S/C10H15NO2S/c1-10(2,3)9-11-7(6-14-9)8(13)4-5-12/h5-6,8,13H,4H2,1-3H3. The zero-order valence-electron chi connectivity index (χ0n) is 8.65. The molecule has 0 saturated heterocycles. The summed E-state index contributed by atoms with van der Waals surface area (Å²) >= 11 is 1.52. The third kappa shape index (κ3) is 2.62. The molecular weight excluding hydrogens is 198 g/mol. The lowest BCUT2D eigenvalue weighted by Gasteiger charge is -2.13. The van der Waals surface area contributed by atoms with Crippen LogP contribution in [0.15, 0.2) is 5.38 Å². The van der Waals surface area contributed by atoms with Gasteiger partial charge in [-0.3, -0.25) is 0 Å². The lowest BCUT2D eigenvalue weighted by Crippen LogP contribution is -2.11. The Morgan fingerprint density at radius 2 is 2.29 bits per heavy atom. The molecule has 1 N–H and O–H groups in total. The molecule has 1 unspecified atom stereocenters. The monoisotopic (exact) mass is 213 g/mol. The van der Waals surface area contributed by atoms with E-state index in [9.17, 15) is 9.90 Å². The summed E-state index contributed by atoms with van der Waals surface area (Å²) in [6.07, 6.45) is 0.0773. The second-order valence-corrected chi connectivity index (χ2v) is 5.10. The molecule has 0 spiro atoms. The van der Waals surface area contributed by atoms with Crippen molar-refractivity contribution >= 4 is 17.6 Å². The number of rotatable bonds is 3. The molecule has 4 heteroatoms. The van der Waals surface area contributed by atoms with Gasteiger partial charge in [-0.05, 0) is 0 Å². The lowest BCUT2D eigenvalue weighted by molar-refractivity contribution is -0.109. The van der Waals surface area contributed by atoms with Crippen LogP contribution in [-0.4, -0.2) is 16.4 Å². The molecule has 0 aromatic carbocycles. The maximum absolute atomic E-state index is 10.2. The second kappa shape index (κ2) is 4.19. The molecule has 0 fully saturated rings. The van der Waals surface area contributed by atoms with E-state index in [1.165, 1.54) is 11.3 Å². The molecule has 78 valence electrons. The molecule has 3 nitrogen and oxygen atoms in total. The number of carbonyl (C=O) groups is 1. The van der Waals surface area contributed by atoms with Crippen LogP contribution in [0.4, 0.5) is 0 Å². The van der Waals surface area contributed by atoms with Crippen LogP contribution in [-0.2, 0) is 10.2 Å². The summed E-state index contributed by atoms with van der Waals surface area (Å²) in [5.41, 5.74) is 0.608. The van der Waals surface area contributed by atoms with Crippen molar-refractivity contribution in [3.8, 4) is 0 Å². The highest BCUT2D eigenvalue weighted by atomic mass is 32.1. The highest BCUT2D eigenvalue weighted by Crippen LogP contribution is 2.28. The highest BCUT2D eigenvalue weighted by molar-refractivity contribution is 7.09. The molecule has 14 heavy (non-hydrogen) atoms. The first-order valence-electron chi connectivity index (χ1n) is 4.52. The number of aliphatic hydroxyl groups excluding tert-OH is 1. The first-order valence-corrected chi connectivity index (χ1v) is 5.40. The normalized spacial score (nSPS) is 14.0. The van der Waals surface area contributed by atoms with Crippen molar-refractivity contribution in [2.24, 2.45) is 0 Å². The number of nitrogens with zero attached hydrogens (tertiary/aromatic N) is 1. The molecule has 0 aliphatic rings. The van der Waals surface area contributed by atoms with E-state index in [0.717, 1.165) is 5.01 Å². The van der Waals surface area contributed by atoms with Crippen molar-refractivity contribution in [2.45, 2.75) is 38.7 Å². The third-order valence-electron chi connectivity index (χ3n) is 1.82. The number of aliphatic hydroxyl groups is 1. The minimum Gasteiger partial charge on any atom is -0.386 e. The zero-order valence-corrected chi connectivity index (χ0v) is 9.47. The molecular formula is C10H15NO2S. The molecule has 1 rings (SSSR count). The van der Waals surface area contributed by atoms with E-state index >= 15 is 0 Å². The second-order valence-electron chi connectivity index (χ2n) is 4.25. The summed E-state index contributed by atoms with van der Waals surface area (Å²) in [6.45, 7) is 6.21. The predicted octanol–water partition coefficient (Wildman–Crippen LogP) is 2.06. The Balaban J connectivity index is 2.82. The van der Waals surface area contributed by atoms with Crippen molar-refractivity contribution in [1.29, 1.82) is 0 Å². The Labute approximate surface area is 87.8 Å². The SMILES string of the molecule is CC(C)(C)c1nc(C(O)CC=O)cs1. The van der Waals surface area contributed by atoms with Crippen LogP contribution in [0.25, 0.3) is 0 Å². The van der Waals surface area contributed by atoms with Gasteiger partial charge in [0, 0.05) is 17.2 Å². The van der Waals surface area contributed by atoms with Crippen LogP contribution in [0.5, 0.6) is 0 Å². The van der Waals surface area contributed by atoms with Crippen molar-refractivity contribution in [3.63, 3.8) is 0 Å². The first-order chi connectivity index (χ1) is 6.45. The molecule has 1 heterocycles. The van der Waals surface area contributed by atoms with Gasteiger partial charge in [0.1, 0.15) is 12.4 Å². The molecule has 1 aromatic rings. The topological polar surface area (TPSA) is 50.2 Å². The number of hydrogen-bond acceptors (Lipinski definition) is 4. The van der Waals surface area contributed by atoms with Crippen molar-refractivity contribution < 1.29 is 9.90 Å². The van der Waals surface area contributed by atoms with Gasteiger partial charge in [-0.25, -0.2) is 4.98 Å². The summed E-state index contributed by atoms with van der Waals surface area (Å²) in [7, 11) is 0. The van der Waals surface area contributed by atoms with Gasteiger partial charge < -0.3 is 9.90 Å². The van der Waals surface area contributed by atoms with E-state index < -0.39 is 6.10 Å². The van der Waals surface area contributed by atoms with Crippen molar-refractivity contribution in [2.75, 3.05) is 0 Å². The van der Waals surface area contributed by atoms with Gasteiger partial charge in [0.05, 0.1) is 10.7 Å². The highest BCUT2D eigenvalue weighted by Gasteiger charge is 2.20. The molecule has 0 aliphatic heterocycles. The van der Waals surface area contributed by atoms with Crippen molar-refractivity contribution in [3.05, 3.63) is 16.1 Å². The molecule has 1 aromatic heterocycles. The Bertz CT molecular complexity index is 314. The van der Waals surface area contributed by atoms with E-state index in [4.69, 9.17) is 0 Å². The largest absolute Gasteiger partial charge is 0.386 e. The summed E-state index contributed by atoms with van der Waals surface area (Å²) < 4.78 is 0. The summed E-state index contributed by atoms with van der Waals surface area (Å²) in [5.74, 6) is 0. The van der Waals surface area contributed by atoms with E-state index in [0.29, 0.717) is 12.0 Å². The first kappa shape index (κ1) is 11.3. The van der Waals surface area contributed by atoms with Gasteiger partial charge in [-0.2, -0.15) is 0 Å². The van der Waals surface area contributed by atoms with Crippen molar-refractivity contribution in [1.82, 2.24) is 4.98 Å². The van der Waals surface area contributed by atoms with Crippen LogP contribution < -0.4 is 0 Å². The quantitative estimate of drug-likeness (QED) is 0.782. The fraction of sp³-hybridized carbons (Fsp3) is 0.600. The van der Waals surface area contributed by atoms with Gasteiger partial charge in [-0.15, -0.1) is 11.3 Å². The van der Waals surface area contributed by atoms with E-state index in [1.807, 2.05) is 5.38 Å². The van der Waals surface area contributed by atoms with Crippen LogP contribution >= 0.6 is 11.3 Å². The van der Waals surface area contributed by atoms with Crippen LogP contribution in [0, 0.1) is 0 Å². The third-order valence-corrected chi connectivity index (χ3v) is 3.11. The fourth-order valence-electron chi connectivity index (χ4n) is 0.996. The minimum atomic E-state index is -0.750. The maximum atomic E-state index is 10.2. The summed E-state index contributed by atoms with van der Waals surface area (Å²) in [6, 6.07) is 0. The molecule has 0 radical (unpaired) electrons. The predicted molar refractivity (Wildman–Crippen MR) is 56.5 cm³/mol. The molecule has 0 bridgehead atoms. The van der Waals surface area contributed by atoms with Crippen LogP contribution in [0.2, 0.25) is 0 Å². The number of aromatic nitrogens is 1. The average molecular weight is 213 g/mol. The number of aldehydes is 1.